The van der Waals surface area contributed by atoms with E-state index in [0.717, 1.165) is 47.3 Å². The van der Waals surface area contributed by atoms with Crippen molar-refractivity contribution in [3.63, 3.8) is 0 Å². The Balaban J connectivity index is 0.000000224. The molecule has 0 aromatic heterocycles. The maximum Gasteiger partial charge on any atom is -0.0381 e. The van der Waals surface area contributed by atoms with Crippen molar-refractivity contribution in [1.29, 1.82) is 0 Å². The lowest BCUT2D eigenvalue weighted by Gasteiger charge is -2.46. The Labute approximate surface area is 216 Å². The predicted molar refractivity (Wildman–Crippen MR) is 155 cm³/mol. The molecule has 0 aliphatic heterocycles. The van der Waals surface area contributed by atoms with E-state index in [0.29, 0.717) is 0 Å². The first-order valence-electron chi connectivity index (χ1n) is 15.2. The first kappa shape index (κ1) is 31.3. The maximum absolute atomic E-state index is 2.39. The molecular weight excluding hydrogens is 408 g/mol. The molecule has 0 N–H and O–H groups in total. The van der Waals surface area contributed by atoms with Crippen LogP contribution in [-0.2, 0) is 0 Å². The summed E-state index contributed by atoms with van der Waals surface area (Å²) in [6.45, 7) is 22.3. The van der Waals surface area contributed by atoms with Crippen LogP contribution in [-0.4, -0.2) is 0 Å². The van der Waals surface area contributed by atoms with Crippen LogP contribution in [0.3, 0.4) is 0 Å². The van der Waals surface area contributed by atoms with E-state index in [4.69, 9.17) is 0 Å². The molecule has 4 saturated carbocycles. The minimum Gasteiger partial charge on any atom is -0.0683 e. The highest BCUT2D eigenvalue weighted by Gasteiger charge is 2.38. The van der Waals surface area contributed by atoms with Crippen LogP contribution in [0.15, 0.2) is 24.3 Å². The summed E-state index contributed by atoms with van der Waals surface area (Å²) in [5, 5.41) is 0. The van der Waals surface area contributed by atoms with Crippen LogP contribution in [0.1, 0.15) is 131 Å². The molecule has 0 radical (unpaired) electrons. The van der Waals surface area contributed by atoms with E-state index >= 15 is 0 Å². The van der Waals surface area contributed by atoms with Gasteiger partial charge in [0.1, 0.15) is 0 Å². The molecule has 198 valence electrons. The zero-order chi connectivity index (χ0) is 25.7. The van der Waals surface area contributed by atoms with Crippen LogP contribution in [0.5, 0.6) is 0 Å². The standard InChI is InChI=1S/C10H18.C8H16.C8H10.C6H12.C2H6/c1-7-3-9(4-7)10-5-8(2)6-10;2*1-7-3-5-8(2)6-4-7;1-5-3-6(2)4-5;1-2/h7-10H,3-6H2,1-2H3;7-8H,3-6H2,1-2H3;3-6H,1-2H3;5-6H,3-4H2,1-2H3;1-2H3. The number of hydrogen-bond donors (Lipinski definition) is 0. The lowest BCUT2D eigenvalue weighted by molar-refractivity contribution is 0.0493. The van der Waals surface area contributed by atoms with Crippen LogP contribution in [0, 0.1) is 61.2 Å². The van der Waals surface area contributed by atoms with Gasteiger partial charge in [0.05, 0.1) is 0 Å². The quantitative estimate of drug-likeness (QED) is 0.383. The molecule has 0 atom stereocenters. The van der Waals surface area contributed by atoms with E-state index in [1.807, 2.05) is 13.8 Å². The smallest absolute Gasteiger partial charge is 0.0381 e. The molecule has 4 aliphatic carbocycles. The lowest BCUT2D eigenvalue weighted by Crippen LogP contribution is -2.35. The van der Waals surface area contributed by atoms with Gasteiger partial charge in [0.2, 0.25) is 0 Å². The van der Waals surface area contributed by atoms with Gasteiger partial charge >= 0.3 is 0 Å². The second-order valence-electron chi connectivity index (χ2n) is 12.9. The van der Waals surface area contributed by atoms with Gasteiger partial charge in [0, 0.05) is 0 Å². The second kappa shape index (κ2) is 16.8. The van der Waals surface area contributed by atoms with Crippen LogP contribution in [0.25, 0.3) is 0 Å². The number of benzene rings is 1. The summed E-state index contributed by atoms with van der Waals surface area (Å²) in [6, 6.07) is 8.48. The largest absolute Gasteiger partial charge is 0.0683 e. The molecule has 0 heteroatoms. The third kappa shape index (κ3) is 12.8. The summed E-state index contributed by atoms with van der Waals surface area (Å²) in [6.07, 6.45) is 15.0. The third-order valence-electron chi connectivity index (χ3n) is 8.62. The molecule has 0 unspecified atom stereocenters. The molecule has 0 saturated heterocycles. The van der Waals surface area contributed by atoms with E-state index < -0.39 is 0 Å². The molecule has 0 amide bonds. The van der Waals surface area contributed by atoms with E-state index in [1.54, 1.807) is 0 Å². The molecular formula is C34H62. The van der Waals surface area contributed by atoms with Crippen LogP contribution in [0.4, 0.5) is 0 Å². The van der Waals surface area contributed by atoms with E-state index in [2.05, 4.69) is 79.7 Å². The zero-order valence-corrected chi connectivity index (χ0v) is 25.0. The normalized spacial score (nSPS) is 35.4. The Morgan fingerprint density at radius 3 is 0.824 bits per heavy atom. The monoisotopic (exact) mass is 470 g/mol. The second-order valence-corrected chi connectivity index (χ2v) is 12.9. The summed E-state index contributed by atoms with van der Waals surface area (Å²) in [5.74, 6) is 8.52. The molecule has 0 bridgehead atoms. The highest BCUT2D eigenvalue weighted by molar-refractivity contribution is 5.19. The third-order valence-corrected chi connectivity index (χ3v) is 8.62. The van der Waals surface area contributed by atoms with Crippen molar-refractivity contribution in [2.24, 2.45) is 47.3 Å². The van der Waals surface area contributed by atoms with Crippen molar-refractivity contribution < 1.29 is 0 Å². The van der Waals surface area contributed by atoms with Gasteiger partial charge in [0.15, 0.2) is 0 Å². The Kier molecular flexibility index (Phi) is 15.5. The Bertz CT molecular complexity index is 534. The van der Waals surface area contributed by atoms with Crippen LogP contribution < -0.4 is 0 Å². The van der Waals surface area contributed by atoms with Gasteiger partial charge in [-0.05, 0) is 99.7 Å². The Hall–Kier alpha value is -0.780. The maximum atomic E-state index is 2.39. The molecule has 0 heterocycles. The summed E-state index contributed by atoms with van der Waals surface area (Å²) < 4.78 is 0. The average Bonchev–Trinajstić information content (AvgIpc) is 2.76. The van der Waals surface area contributed by atoms with Gasteiger partial charge < -0.3 is 0 Å². The first-order chi connectivity index (χ1) is 16.1. The van der Waals surface area contributed by atoms with Gasteiger partial charge in [-0.3, -0.25) is 0 Å². The van der Waals surface area contributed by atoms with Crippen molar-refractivity contribution in [2.45, 2.75) is 133 Å². The van der Waals surface area contributed by atoms with Crippen molar-refractivity contribution >= 4 is 0 Å². The molecule has 4 fully saturated rings. The van der Waals surface area contributed by atoms with Crippen LogP contribution >= 0.6 is 0 Å². The zero-order valence-electron chi connectivity index (χ0n) is 25.0. The molecule has 4 aliphatic rings. The summed E-state index contributed by atoms with van der Waals surface area (Å²) >= 11 is 0. The molecule has 0 nitrogen and oxygen atoms in total. The summed E-state index contributed by atoms with van der Waals surface area (Å²) in [4.78, 5) is 0. The van der Waals surface area contributed by atoms with Crippen LogP contribution in [0.2, 0.25) is 0 Å². The molecule has 1 aromatic rings. The number of hydrogen-bond acceptors (Lipinski definition) is 0. The van der Waals surface area contributed by atoms with E-state index in [9.17, 15) is 0 Å². The fourth-order valence-electron chi connectivity index (χ4n) is 6.07. The van der Waals surface area contributed by atoms with E-state index in [-0.39, 0.29) is 0 Å². The Morgan fingerprint density at radius 1 is 0.412 bits per heavy atom. The lowest BCUT2D eigenvalue weighted by atomic mass is 9.60. The van der Waals surface area contributed by atoms with Gasteiger partial charge in [-0.25, -0.2) is 0 Å². The van der Waals surface area contributed by atoms with Gasteiger partial charge in [-0.2, -0.15) is 0 Å². The minimum absolute atomic E-state index is 1.02. The summed E-state index contributed by atoms with van der Waals surface area (Å²) in [5.41, 5.74) is 2.66. The molecule has 0 spiro atoms. The van der Waals surface area contributed by atoms with Crippen molar-refractivity contribution in [3.05, 3.63) is 35.4 Å². The SMILES string of the molecule is CC.CC1CC(C)C1.CC1CC(C2CC(C)C2)C1.CC1CCC(C)CC1.Cc1ccc(C)cc1. The number of aryl methyl sites for hydroxylation is 2. The average molecular weight is 471 g/mol. The summed E-state index contributed by atoms with van der Waals surface area (Å²) in [7, 11) is 0. The van der Waals surface area contributed by atoms with Gasteiger partial charge in [0.25, 0.3) is 0 Å². The van der Waals surface area contributed by atoms with Crippen molar-refractivity contribution in [1.82, 2.24) is 0 Å². The highest BCUT2D eigenvalue weighted by Crippen LogP contribution is 2.48. The van der Waals surface area contributed by atoms with Gasteiger partial charge in [-0.1, -0.05) is 116 Å². The van der Waals surface area contributed by atoms with Gasteiger partial charge in [-0.15, -0.1) is 0 Å². The molecule has 5 rings (SSSR count). The Morgan fingerprint density at radius 2 is 0.647 bits per heavy atom. The predicted octanol–water partition coefficient (Wildman–Crippen LogP) is 11.3. The van der Waals surface area contributed by atoms with E-state index in [1.165, 1.54) is 75.3 Å². The molecule has 1 aromatic carbocycles. The fourth-order valence-corrected chi connectivity index (χ4v) is 6.07. The highest BCUT2D eigenvalue weighted by atomic mass is 14.4. The minimum atomic E-state index is 1.02. The molecule has 34 heavy (non-hydrogen) atoms. The number of rotatable bonds is 1. The topological polar surface area (TPSA) is 0 Å². The van der Waals surface area contributed by atoms with Crippen molar-refractivity contribution in [3.8, 4) is 0 Å². The fraction of sp³-hybridized carbons (Fsp3) is 0.824. The first-order valence-corrected chi connectivity index (χ1v) is 15.2. The van der Waals surface area contributed by atoms with Crippen molar-refractivity contribution in [2.75, 3.05) is 0 Å².